The molecule has 1 fully saturated rings. The lowest BCUT2D eigenvalue weighted by Gasteiger charge is -2.33. The van der Waals surface area contributed by atoms with Crippen LogP contribution in [0.3, 0.4) is 0 Å². The number of nitrogens with one attached hydrogen (secondary N) is 3. The molecule has 1 unspecified atom stereocenters. The van der Waals surface area contributed by atoms with Gasteiger partial charge in [-0.2, -0.15) is 0 Å². The topological polar surface area (TPSA) is 128 Å². The second-order valence-corrected chi connectivity index (χ2v) is 11.5. The van der Waals surface area contributed by atoms with Crippen molar-refractivity contribution in [2.75, 3.05) is 60.0 Å². The quantitative estimate of drug-likeness (QED) is 0.371. The van der Waals surface area contributed by atoms with Gasteiger partial charge in [-0.25, -0.2) is 9.79 Å². The molecule has 3 amide bonds. The van der Waals surface area contributed by atoms with Crippen LogP contribution in [0.5, 0.6) is 5.75 Å². The second kappa shape index (κ2) is 14.3. The van der Waals surface area contributed by atoms with Crippen LogP contribution in [0.25, 0.3) is 0 Å². The number of guanidine groups is 1. The zero-order chi connectivity index (χ0) is 29.3. The van der Waals surface area contributed by atoms with Gasteiger partial charge in [0.25, 0.3) is 0 Å². The van der Waals surface area contributed by atoms with Gasteiger partial charge in [-0.15, -0.1) is 0 Å². The summed E-state index contributed by atoms with van der Waals surface area (Å²) < 4.78 is 10.9. The van der Waals surface area contributed by atoms with Crippen LogP contribution in [0, 0.1) is 5.41 Å². The number of aliphatic imine (C=N–C) groups is 1. The van der Waals surface area contributed by atoms with Gasteiger partial charge in [-0.05, 0) is 37.4 Å². The van der Waals surface area contributed by atoms with Crippen LogP contribution >= 0.6 is 0 Å². The molecule has 0 aliphatic carbocycles. The molecule has 0 saturated carbocycles. The summed E-state index contributed by atoms with van der Waals surface area (Å²) in [4.78, 5) is 47.7. The van der Waals surface area contributed by atoms with Gasteiger partial charge in [0, 0.05) is 52.3 Å². The molecular formula is C28H45N7O5. The fraction of sp³-hybridized carbons (Fsp3) is 0.643. The Bertz CT molecular complexity index is 1070. The van der Waals surface area contributed by atoms with E-state index in [0.29, 0.717) is 44.0 Å². The van der Waals surface area contributed by atoms with Gasteiger partial charge in [0.2, 0.25) is 17.8 Å². The van der Waals surface area contributed by atoms with E-state index in [4.69, 9.17) is 9.47 Å². The molecule has 0 spiro atoms. The van der Waals surface area contributed by atoms with E-state index in [-0.39, 0.29) is 42.5 Å². The summed E-state index contributed by atoms with van der Waals surface area (Å²) in [6.07, 6.45) is 0.315. The van der Waals surface area contributed by atoms with Gasteiger partial charge in [-0.1, -0.05) is 26.8 Å². The maximum absolute atomic E-state index is 13.0. The molecule has 0 radical (unpaired) electrons. The number of amides is 3. The fourth-order valence-corrected chi connectivity index (χ4v) is 4.56. The molecule has 0 aromatic heterocycles. The number of hydrogen-bond acceptors (Lipinski definition) is 9. The number of rotatable bonds is 10. The maximum atomic E-state index is 13.0. The van der Waals surface area contributed by atoms with Crippen molar-refractivity contribution in [3.05, 3.63) is 23.8 Å². The summed E-state index contributed by atoms with van der Waals surface area (Å²) in [5.74, 6) is 0.785. The lowest BCUT2D eigenvalue weighted by atomic mass is 9.96. The third kappa shape index (κ3) is 9.67. The Balaban J connectivity index is 1.60. The van der Waals surface area contributed by atoms with Gasteiger partial charge < -0.3 is 29.9 Å². The zero-order valence-corrected chi connectivity index (χ0v) is 24.7. The number of ether oxygens (including phenoxy) is 2. The van der Waals surface area contributed by atoms with E-state index in [1.165, 1.54) is 0 Å². The van der Waals surface area contributed by atoms with Gasteiger partial charge >= 0.3 is 6.09 Å². The van der Waals surface area contributed by atoms with Crippen molar-refractivity contribution in [1.82, 2.24) is 30.7 Å². The lowest BCUT2D eigenvalue weighted by Crippen LogP contribution is -2.57. The third-order valence-corrected chi connectivity index (χ3v) is 6.55. The number of nitrogens with zero attached hydrogens (tertiary/aromatic N) is 4. The van der Waals surface area contributed by atoms with E-state index in [1.54, 1.807) is 29.8 Å². The van der Waals surface area contributed by atoms with Crippen molar-refractivity contribution in [2.45, 2.75) is 53.2 Å². The molecule has 40 heavy (non-hydrogen) atoms. The smallest absolute Gasteiger partial charge is 0.413 e. The monoisotopic (exact) mass is 559 g/mol. The fourth-order valence-electron chi connectivity index (χ4n) is 4.56. The molecule has 12 heteroatoms. The van der Waals surface area contributed by atoms with Crippen molar-refractivity contribution in [2.24, 2.45) is 10.4 Å². The van der Waals surface area contributed by atoms with Gasteiger partial charge in [0.1, 0.15) is 12.3 Å². The van der Waals surface area contributed by atoms with E-state index >= 15 is 0 Å². The number of benzene rings is 1. The zero-order valence-electron chi connectivity index (χ0n) is 24.7. The van der Waals surface area contributed by atoms with Crippen molar-refractivity contribution in [3.63, 3.8) is 0 Å². The van der Waals surface area contributed by atoms with Gasteiger partial charge in [0.15, 0.2) is 0 Å². The number of carbonyl (C=O) groups excluding carboxylic acids is 3. The minimum absolute atomic E-state index is 0.00310. The molecule has 1 saturated heterocycles. The van der Waals surface area contributed by atoms with Crippen molar-refractivity contribution in [3.8, 4) is 5.75 Å². The van der Waals surface area contributed by atoms with Crippen molar-refractivity contribution < 1.29 is 23.9 Å². The van der Waals surface area contributed by atoms with Crippen LogP contribution in [-0.4, -0.2) is 105 Å². The van der Waals surface area contributed by atoms with Crippen LogP contribution in [0.1, 0.15) is 46.1 Å². The Morgan fingerprint density at radius 3 is 2.73 bits per heavy atom. The first-order chi connectivity index (χ1) is 18.9. The Morgan fingerprint density at radius 1 is 1.25 bits per heavy atom. The second-order valence-electron chi connectivity index (χ2n) is 11.5. The van der Waals surface area contributed by atoms with Crippen LogP contribution in [-0.2, 0) is 20.9 Å². The maximum Gasteiger partial charge on any atom is 0.413 e. The summed E-state index contributed by atoms with van der Waals surface area (Å²) in [6, 6.07) is 5.56. The van der Waals surface area contributed by atoms with E-state index in [1.807, 2.05) is 19.2 Å². The number of piperazine rings is 1. The minimum atomic E-state index is -0.633. The predicted molar refractivity (Wildman–Crippen MR) is 153 cm³/mol. The van der Waals surface area contributed by atoms with E-state index < -0.39 is 6.09 Å². The summed E-state index contributed by atoms with van der Waals surface area (Å²) in [5.41, 5.74) is 1.50. The molecule has 12 nitrogen and oxygen atoms in total. The van der Waals surface area contributed by atoms with E-state index in [2.05, 4.69) is 46.6 Å². The third-order valence-electron chi connectivity index (χ3n) is 6.55. The number of fused-ring (bicyclic) bond motifs is 1. The summed E-state index contributed by atoms with van der Waals surface area (Å²) >= 11 is 0. The Morgan fingerprint density at radius 2 is 2.02 bits per heavy atom. The number of carbonyl (C=O) groups is 3. The largest absolute Gasteiger partial charge is 0.494 e. The first-order valence-electron chi connectivity index (χ1n) is 13.9. The predicted octanol–water partition coefficient (Wildman–Crippen LogP) is 1.88. The van der Waals surface area contributed by atoms with Crippen molar-refractivity contribution in [1.29, 1.82) is 0 Å². The molecular weight excluding hydrogens is 514 g/mol. The normalized spacial score (nSPS) is 17.4. The number of likely N-dealkylation sites (N-methyl/N-ethyl adjacent to an activating group) is 2. The molecule has 2 aliphatic heterocycles. The average Bonchev–Trinajstić information content (AvgIpc) is 2.87. The first kappa shape index (κ1) is 31.2. The molecule has 3 rings (SSSR count). The SMILES string of the molecule is CCOC(=O)NC1=Nc2cc(OCCCC(=O)NC3CNCCN3C)ccc2CN1CC(=O)N(C)CC(C)(C)C. The van der Waals surface area contributed by atoms with E-state index in [9.17, 15) is 14.4 Å². The van der Waals surface area contributed by atoms with Gasteiger partial charge in [-0.3, -0.25) is 19.8 Å². The molecule has 1 aromatic rings. The molecule has 2 aliphatic rings. The lowest BCUT2D eigenvalue weighted by molar-refractivity contribution is -0.131. The standard InChI is InChI=1S/C28H45N7O5/c1-7-39-27(38)32-26-30-22-15-21(40-14-8-9-24(36)31-23-16-29-12-13-33(23)5)11-10-20(22)17-35(26)18-25(37)34(6)19-28(2,3)4/h10-11,15,23,29H,7-9,12-14,16-19H2,1-6H3,(H,31,36)(H,30,32,38). The summed E-state index contributed by atoms with van der Waals surface area (Å²) in [5, 5.41) is 9.01. The summed E-state index contributed by atoms with van der Waals surface area (Å²) in [7, 11) is 3.78. The molecule has 222 valence electrons. The van der Waals surface area contributed by atoms with E-state index in [0.717, 1.165) is 25.2 Å². The van der Waals surface area contributed by atoms with Crippen molar-refractivity contribution >= 4 is 29.6 Å². The highest BCUT2D eigenvalue weighted by Crippen LogP contribution is 2.30. The Labute approximate surface area is 237 Å². The van der Waals surface area contributed by atoms with Crippen LogP contribution in [0.15, 0.2) is 23.2 Å². The highest BCUT2D eigenvalue weighted by atomic mass is 16.5. The molecule has 1 atom stereocenters. The first-order valence-corrected chi connectivity index (χ1v) is 13.9. The highest BCUT2D eigenvalue weighted by molar-refractivity contribution is 5.98. The van der Waals surface area contributed by atoms with Crippen LogP contribution < -0.4 is 20.7 Å². The molecule has 2 heterocycles. The van der Waals surface area contributed by atoms with Crippen LogP contribution in [0.4, 0.5) is 10.5 Å². The number of alkyl carbamates (subject to hydrolysis) is 1. The Hall–Kier alpha value is -3.38. The van der Waals surface area contributed by atoms with Crippen LogP contribution in [0.2, 0.25) is 0 Å². The molecule has 1 aromatic carbocycles. The average molecular weight is 560 g/mol. The Kier molecular flexibility index (Phi) is 11.1. The van der Waals surface area contributed by atoms with Gasteiger partial charge in [0.05, 0.1) is 25.1 Å². The molecule has 0 bridgehead atoms. The minimum Gasteiger partial charge on any atom is -0.494 e. The number of hydrogen-bond donors (Lipinski definition) is 3. The summed E-state index contributed by atoms with van der Waals surface area (Å²) in [6.45, 7) is 12.1. The molecule has 3 N–H and O–H groups in total. The highest BCUT2D eigenvalue weighted by Gasteiger charge is 2.27.